The van der Waals surface area contributed by atoms with Gasteiger partial charge in [-0.05, 0) is 20.3 Å². The lowest BCUT2D eigenvalue weighted by molar-refractivity contribution is 0.0526. The fraction of sp³-hybridized carbons (Fsp3) is 0.643. The van der Waals surface area contributed by atoms with Crippen LogP contribution in [0.3, 0.4) is 0 Å². The minimum absolute atomic E-state index is 0.113. The van der Waals surface area contributed by atoms with Crippen molar-refractivity contribution in [1.29, 1.82) is 0 Å². The molecule has 1 N–H and O–H groups in total. The van der Waals surface area contributed by atoms with E-state index in [1.165, 1.54) is 6.42 Å². The molecule has 0 fully saturated rings. The number of aromatic nitrogens is 1. The van der Waals surface area contributed by atoms with E-state index in [0.29, 0.717) is 6.61 Å². The molecule has 0 saturated carbocycles. The predicted octanol–water partition coefficient (Wildman–Crippen LogP) is 3.02. The zero-order valence-corrected chi connectivity index (χ0v) is 13.1. The first-order chi connectivity index (χ1) is 9.58. The summed E-state index contributed by atoms with van der Waals surface area (Å²) in [5.41, 5.74) is 0.278. The Kier molecular flexibility index (Phi) is 7.22. The maximum Gasteiger partial charge on any atom is 0.367 e. The van der Waals surface area contributed by atoms with Crippen molar-refractivity contribution in [3.63, 3.8) is 0 Å². The van der Waals surface area contributed by atoms with Crippen molar-refractivity contribution >= 4 is 23.2 Å². The number of unbranched alkanes of at least 4 members (excludes halogenated alkanes) is 2. The highest BCUT2D eigenvalue weighted by atomic mass is 32.1. The number of nitrogens with one attached hydrogen (secondary N) is 1. The normalized spacial score (nSPS) is 11.9. The molecule has 0 bridgehead atoms. The number of thiazole rings is 1. The molecule has 0 radical (unpaired) electrons. The Bertz CT molecular complexity index is 445. The fourth-order valence-electron chi connectivity index (χ4n) is 1.74. The molecule has 20 heavy (non-hydrogen) atoms. The summed E-state index contributed by atoms with van der Waals surface area (Å²) in [5.74, 6) is -0.714. The van der Waals surface area contributed by atoms with Gasteiger partial charge in [0.1, 0.15) is 5.69 Å². The molecule has 0 spiro atoms. The van der Waals surface area contributed by atoms with Crippen LogP contribution in [-0.2, 0) is 4.74 Å². The molecule has 1 amide bonds. The van der Waals surface area contributed by atoms with Crippen molar-refractivity contribution in [2.75, 3.05) is 6.61 Å². The SMILES string of the molecule is CCCCCC(C)NC(=O)c1csc(C(=O)OCC)n1. The van der Waals surface area contributed by atoms with E-state index < -0.39 is 5.97 Å². The zero-order chi connectivity index (χ0) is 15.0. The molecular weight excluding hydrogens is 276 g/mol. The van der Waals surface area contributed by atoms with Crippen LogP contribution in [0.25, 0.3) is 0 Å². The summed E-state index contributed by atoms with van der Waals surface area (Å²) in [4.78, 5) is 27.4. The van der Waals surface area contributed by atoms with Crippen molar-refractivity contribution in [2.45, 2.75) is 52.5 Å². The third-order valence-electron chi connectivity index (χ3n) is 2.81. The number of carbonyl (C=O) groups is 2. The largest absolute Gasteiger partial charge is 0.461 e. The molecule has 1 heterocycles. The Morgan fingerprint density at radius 1 is 1.40 bits per heavy atom. The molecule has 5 nitrogen and oxygen atoms in total. The van der Waals surface area contributed by atoms with Crippen LogP contribution in [0.1, 0.15) is 66.7 Å². The van der Waals surface area contributed by atoms with E-state index in [1.54, 1.807) is 12.3 Å². The second-order valence-electron chi connectivity index (χ2n) is 4.63. The smallest absolute Gasteiger partial charge is 0.367 e. The van der Waals surface area contributed by atoms with Gasteiger partial charge in [-0.1, -0.05) is 26.2 Å². The average molecular weight is 298 g/mol. The first-order valence-electron chi connectivity index (χ1n) is 7.02. The molecule has 0 aromatic carbocycles. The van der Waals surface area contributed by atoms with Crippen molar-refractivity contribution in [2.24, 2.45) is 0 Å². The number of carbonyl (C=O) groups excluding carboxylic acids is 2. The summed E-state index contributed by atoms with van der Waals surface area (Å²) < 4.78 is 4.84. The first kappa shape index (κ1) is 16.6. The van der Waals surface area contributed by atoms with Gasteiger partial charge >= 0.3 is 5.97 Å². The number of amides is 1. The molecule has 0 saturated heterocycles. The van der Waals surface area contributed by atoms with Gasteiger partial charge < -0.3 is 10.1 Å². The van der Waals surface area contributed by atoms with Crippen molar-refractivity contribution < 1.29 is 14.3 Å². The maximum atomic E-state index is 12.0. The van der Waals surface area contributed by atoms with Crippen LogP contribution in [-0.4, -0.2) is 29.5 Å². The van der Waals surface area contributed by atoms with Gasteiger partial charge in [0.2, 0.25) is 5.01 Å². The third kappa shape index (κ3) is 5.28. The highest BCUT2D eigenvalue weighted by molar-refractivity contribution is 7.11. The van der Waals surface area contributed by atoms with Gasteiger partial charge in [0.25, 0.3) is 5.91 Å². The van der Waals surface area contributed by atoms with E-state index in [1.807, 2.05) is 6.92 Å². The maximum absolute atomic E-state index is 12.0. The van der Waals surface area contributed by atoms with Gasteiger partial charge in [0, 0.05) is 11.4 Å². The number of ether oxygens (including phenoxy) is 1. The molecule has 0 aliphatic heterocycles. The Morgan fingerprint density at radius 3 is 2.80 bits per heavy atom. The lowest BCUT2D eigenvalue weighted by atomic mass is 10.1. The Balaban J connectivity index is 2.49. The van der Waals surface area contributed by atoms with Gasteiger partial charge in [-0.15, -0.1) is 11.3 Å². The highest BCUT2D eigenvalue weighted by Gasteiger charge is 2.17. The Morgan fingerprint density at radius 2 is 2.15 bits per heavy atom. The van der Waals surface area contributed by atoms with E-state index in [0.717, 1.165) is 30.6 Å². The van der Waals surface area contributed by atoms with Crippen molar-refractivity contribution in [3.05, 3.63) is 16.1 Å². The van der Waals surface area contributed by atoms with Gasteiger partial charge in [-0.25, -0.2) is 9.78 Å². The van der Waals surface area contributed by atoms with Gasteiger partial charge in [0.15, 0.2) is 0 Å². The second-order valence-corrected chi connectivity index (χ2v) is 5.49. The van der Waals surface area contributed by atoms with Crippen LogP contribution in [0, 0.1) is 0 Å². The van der Waals surface area contributed by atoms with Crippen molar-refractivity contribution in [1.82, 2.24) is 10.3 Å². The highest BCUT2D eigenvalue weighted by Crippen LogP contribution is 2.12. The van der Waals surface area contributed by atoms with E-state index in [9.17, 15) is 9.59 Å². The second kappa shape index (κ2) is 8.68. The quantitative estimate of drug-likeness (QED) is 0.591. The molecule has 1 aromatic heterocycles. The topological polar surface area (TPSA) is 68.3 Å². The predicted molar refractivity (Wildman–Crippen MR) is 79.1 cm³/mol. The van der Waals surface area contributed by atoms with Crippen LogP contribution in [0.2, 0.25) is 0 Å². The molecular formula is C14H22N2O3S. The van der Waals surface area contributed by atoms with E-state index in [2.05, 4.69) is 17.2 Å². The van der Waals surface area contributed by atoms with Crippen LogP contribution in [0.5, 0.6) is 0 Å². The van der Waals surface area contributed by atoms with Gasteiger partial charge in [-0.2, -0.15) is 0 Å². The molecule has 112 valence electrons. The van der Waals surface area contributed by atoms with E-state index >= 15 is 0 Å². The minimum Gasteiger partial charge on any atom is -0.461 e. The Hall–Kier alpha value is -1.43. The van der Waals surface area contributed by atoms with Crippen LogP contribution < -0.4 is 5.32 Å². The number of hydrogen-bond donors (Lipinski definition) is 1. The number of esters is 1. The lowest BCUT2D eigenvalue weighted by Crippen LogP contribution is -2.32. The standard InChI is InChI=1S/C14H22N2O3S/c1-4-6-7-8-10(3)15-12(17)11-9-20-13(16-11)14(18)19-5-2/h9-10H,4-8H2,1-3H3,(H,15,17). The van der Waals surface area contributed by atoms with Crippen molar-refractivity contribution in [3.8, 4) is 0 Å². The van der Waals surface area contributed by atoms with E-state index in [-0.39, 0.29) is 22.7 Å². The molecule has 0 aliphatic rings. The summed E-state index contributed by atoms with van der Waals surface area (Å²) in [5, 5.41) is 4.69. The van der Waals surface area contributed by atoms with Crippen LogP contribution >= 0.6 is 11.3 Å². The molecule has 1 aromatic rings. The number of rotatable bonds is 8. The van der Waals surface area contributed by atoms with Gasteiger partial charge in [-0.3, -0.25) is 4.79 Å². The molecule has 1 rings (SSSR count). The minimum atomic E-state index is -0.479. The average Bonchev–Trinajstić information content (AvgIpc) is 2.89. The molecule has 1 atom stereocenters. The summed E-state index contributed by atoms with van der Waals surface area (Å²) in [6.45, 7) is 6.16. The molecule has 0 aliphatic carbocycles. The molecule has 1 unspecified atom stereocenters. The Labute approximate surface area is 123 Å². The van der Waals surface area contributed by atoms with Crippen LogP contribution in [0.4, 0.5) is 0 Å². The number of nitrogens with zero attached hydrogens (tertiary/aromatic N) is 1. The monoisotopic (exact) mass is 298 g/mol. The van der Waals surface area contributed by atoms with Crippen LogP contribution in [0.15, 0.2) is 5.38 Å². The fourth-order valence-corrected chi connectivity index (χ4v) is 2.42. The summed E-state index contributed by atoms with van der Waals surface area (Å²) in [6, 6.07) is 0.113. The lowest BCUT2D eigenvalue weighted by Gasteiger charge is -2.12. The summed E-state index contributed by atoms with van der Waals surface area (Å²) in [7, 11) is 0. The van der Waals surface area contributed by atoms with Gasteiger partial charge in [0.05, 0.1) is 6.61 Å². The van der Waals surface area contributed by atoms with E-state index in [4.69, 9.17) is 4.74 Å². The first-order valence-corrected chi connectivity index (χ1v) is 7.89. The summed E-state index contributed by atoms with van der Waals surface area (Å²) >= 11 is 1.13. The third-order valence-corrected chi connectivity index (χ3v) is 3.63. The number of hydrogen-bond acceptors (Lipinski definition) is 5. The molecule has 6 heteroatoms. The zero-order valence-electron chi connectivity index (χ0n) is 12.3. The summed E-state index contributed by atoms with van der Waals surface area (Å²) in [6.07, 6.45) is 4.39.